The molecule has 1 saturated heterocycles. The predicted molar refractivity (Wildman–Crippen MR) is 73.1 cm³/mol. The fraction of sp³-hybridized carbons (Fsp3) is 0.308. The lowest BCUT2D eigenvalue weighted by Crippen LogP contribution is -2.11. The summed E-state index contributed by atoms with van der Waals surface area (Å²) >= 11 is 1.37. The summed E-state index contributed by atoms with van der Waals surface area (Å²) in [6, 6.07) is 7.59. The number of esters is 1. The van der Waals surface area contributed by atoms with E-state index in [0.29, 0.717) is 18.2 Å². The van der Waals surface area contributed by atoms with Crippen LogP contribution in [0.25, 0.3) is 5.69 Å². The van der Waals surface area contributed by atoms with Gasteiger partial charge in [-0.1, -0.05) is 23.9 Å². The number of rotatable bonds is 4. The number of carbonyl (C=O) groups is 1. The van der Waals surface area contributed by atoms with Crippen LogP contribution in [0, 0.1) is 0 Å². The largest absolute Gasteiger partial charge is 0.495 e. The number of thioether (sulfide) groups is 1. The molecule has 104 valence electrons. The maximum atomic E-state index is 11.5. The lowest BCUT2D eigenvalue weighted by atomic mass is 10.3. The molecular weight excluding hydrogens is 278 g/mol. The van der Waals surface area contributed by atoms with Crippen molar-refractivity contribution in [3.05, 3.63) is 30.6 Å². The van der Waals surface area contributed by atoms with E-state index in [1.165, 1.54) is 11.8 Å². The third-order valence-electron chi connectivity index (χ3n) is 3.00. The maximum absolute atomic E-state index is 11.5. The minimum Gasteiger partial charge on any atom is -0.495 e. The first kappa shape index (κ1) is 13.0. The predicted octanol–water partition coefficient (Wildman–Crippen LogP) is 1.68. The maximum Gasteiger partial charge on any atom is 0.319 e. The summed E-state index contributed by atoms with van der Waals surface area (Å²) in [5.74, 6) is 0.535. The number of aromatic nitrogens is 3. The lowest BCUT2D eigenvalue weighted by Gasteiger charge is -2.11. The van der Waals surface area contributed by atoms with Gasteiger partial charge < -0.3 is 9.47 Å². The highest BCUT2D eigenvalue weighted by Gasteiger charge is 2.29. The molecule has 2 heterocycles. The van der Waals surface area contributed by atoms with Gasteiger partial charge in [0.1, 0.15) is 17.3 Å². The van der Waals surface area contributed by atoms with Crippen LogP contribution in [-0.4, -0.2) is 39.7 Å². The van der Waals surface area contributed by atoms with E-state index in [0.717, 1.165) is 11.4 Å². The standard InChI is InChI=1S/C13H13N3O3S/c1-18-10-5-3-2-4-9(10)16-8-14-15-13(16)20-11-6-7-19-12(11)17/h2-5,8,11H,6-7H2,1H3/t11-/m0/s1. The van der Waals surface area contributed by atoms with E-state index in [-0.39, 0.29) is 11.2 Å². The summed E-state index contributed by atoms with van der Waals surface area (Å²) in [5, 5.41) is 8.44. The Kier molecular flexibility index (Phi) is 3.60. The zero-order valence-electron chi connectivity index (χ0n) is 10.9. The van der Waals surface area contributed by atoms with E-state index in [1.54, 1.807) is 13.4 Å². The molecule has 0 radical (unpaired) electrons. The topological polar surface area (TPSA) is 66.2 Å². The van der Waals surface area contributed by atoms with Gasteiger partial charge in [-0.05, 0) is 12.1 Å². The van der Waals surface area contributed by atoms with E-state index in [1.807, 2.05) is 28.8 Å². The normalized spacial score (nSPS) is 18.1. The second-order valence-electron chi connectivity index (χ2n) is 4.22. The van der Waals surface area contributed by atoms with Crippen molar-refractivity contribution in [2.24, 2.45) is 0 Å². The van der Waals surface area contributed by atoms with E-state index >= 15 is 0 Å². The van der Waals surface area contributed by atoms with Gasteiger partial charge in [-0.25, -0.2) is 0 Å². The molecule has 0 aliphatic carbocycles. The average Bonchev–Trinajstić information content (AvgIpc) is 3.09. The average molecular weight is 291 g/mol. The minimum atomic E-state index is -0.215. The van der Waals surface area contributed by atoms with Crippen molar-refractivity contribution < 1.29 is 14.3 Å². The Balaban J connectivity index is 1.91. The Morgan fingerprint density at radius 2 is 2.30 bits per heavy atom. The van der Waals surface area contributed by atoms with Crippen LogP contribution >= 0.6 is 11.8 Å². The molecule has 0 amide bonds. The van der Waals surface area contributed by atoms with Crippen molar-refractivity contribution in [1.82, 2.24) is 14.8 Å². The molecule has 1 atom stereocenters. The fourth-order valence-corrected chi connectivity index (χ4v) is 3.00. The molecule has 6 nitrogen and oxygen atoms in total. The molecule has 1 fully saturated rings. The van der Waals surface area contributed by atoms with E-state index in [9.17, 15) is 4.79 Å². The third-order valence-corrected chi connectivity index (χ3v) is 4.20. The first-order valence-corrected chi connectivity index (χ1v) is 7.04. The smallest absolute Gasteiger partial charge is 0.319 e. The molecule has 1 aliphatic heterocycles. The first-order valence-electron chi connectivity index (χ1n) is 6.16. The van der Waals surface area contributed by atoms with Gasteiger partial charge in [-0.15, -0.1) is 10.2 Å². The van der Waals surface area contributed by atoms with E-state index in [4.69, 9.17) is 9.47 Å². The molecule has 3 rings (SSSR count). The fourth-order valence-electron chi connectivity index (χ4n) is 2.01. The minimum absolute atomic E-state index is 0.190. The van der Waals surface area contributed by atoms with Gasteiger partial charge in [0.25, 0.3) is 0 Å². The van der Waals surface area contributed by atoms with Crippen molar-refractivity contribution in [2.45, 2.75) is 16.8 Å². The van der Waals surface area contributed by atoms with Crippen LogP contribution in [0.2, 0.25) is 0 Å². The molecule has 1 aliphatic rings. The van der Waals surface area contributed by atoms with Crippen molar-refractivity contribution >= 4 is 17.7 Å². The Morgan fingerprint density at radius 3 is 3.05 bits per heavy atom. The van der Waals surface area contributed by atoms with Crippen LogP contribution in [0.15, 0.2) is 35.7 Å². The summed E-state index contributed by atoms with van der Waals surface area (Å²) in [6.07, 6.45) is 2.31. The Hall–Kier alpha value is -2.02. The molecule has 0 N–H and O–H groups in total. The monoisotopic (exact) mass is 291 g/mol. The molecule has 1 aromatic carbocycles. The lowest BCUT2D eigenvalue weighted by molar-refractivity contribution is -0.137. The highest BCUT2D eigenvalue weighted by atomic mass is 32.2. The number of carbonyl (C=O) groups excluding carboxylic acids is 1. The van der Waals surface area contributed by atoms with Gasteiger partial charge in [0.05, 0.1) is 19.4 Å². The zero-order valence-corrected chi connectivity index (χ0v) is 11.7. The number of cyclic esters (lactones) is 1. The van der Waals surface area contributed by atoms with E-state index < -0.39 is 0 Å². The first-order chi connectivity index (χ1) is 9.79. The Labute approximate surface area is 120 Å². The highest BCUT2D eigenvalue weighted by molar-refractivity contribution is 8.00. The molecule has 0 spiro atoms. The van der Waals surface area contributed by atoms with Crippen molar-refractivity contribution in [3.8, 4) is 11.4 Å². The molecule has 2 aromatic rings. The Morgan fingerprint density at radius 1 is 1.45 bits per heavy atom. The summed E-state index contributed by atoms with van der Waals surface area (Å²) < 4.78 is 12.1. The van der Waals surface area contributed by atoms with Gasteiger partial charge in [0, 0.05) is 6.42 Å². The number of hydrogen-bond acceptors (Lipinski definition) is 6. The number of nitrogens with zero attached hydrogens (tertiary/aromatic N) is 3. The SMILES string of the molecule is COc1ccccc1-n1cnnc1S[C@H]1CCOC1=O. The number of ether oxygens (including phenoxy) is 2. The summed E-state index contributed by atoms with van der Waals surface area (Å²) in [7, 11) is 1.62. The van der Waals surface area contributed by atoms with Crippen LogP contribution < -0.4 is 4.74 Å². The molecule has 1 aromatic heterocycles. The quantitative estimate of drug-likeness (QED) is 0.799. The van der Waals surface area contributed by atoms with Gasteiger partial charge in [-0.2, -0.15) is 0 Å². The van der Waals surface area contributed by atoms with Crippen molar-refractivity contribution in [3.63, 3.8) is 0 Å². The highest BCUT2D eigenvalue weighted by Crippen LogP contribution is 2.31. The molecular formula is C13H13N3O3S. The number of methoxy groups -OCH3 is 1. The summed E-state index contributed by atoms with van der Waals surface area (Å²) in [6.45, 7) is 0.472. The third kappa shape index (κ3) is 2.36. The van der Waals surface area contributed by atoms with Crippen molar-refractivity contribution in [1.29, 1.82) is 0 Å². The van der Waals surface area contributed by atoms with Crippen molar-refractivity contribution in [2.75, 3.05) is 13.7 Å². The van der Waals surface area contributed by atoms with Gasteiger partial charge in [0.2, 0.25) is 0 Å². The molecule has 0 saturated carbocycles. The van der Waals surface area contributed by atoms with Gasteiger partial charge in [-0.3, -0.25) is 9.36 Å². The van der Waals surface area contributed by atoms with Crippen LogP contribution in [0.5, 0.6) is 5.75 Å². The number of hydrogen-bond donors (Lipinski definition) is 0. The van der Waals surface area contributed by atoms with Crippen LogP contribution in [0.1, 0.15) is 6.42 Å². The Bertz CT molecular complexity index is 629. The van der Waals surface area contributed by atoms with Crippen LogP contribution in [0.3, 0.4) is 0 Å². The molecule has 0 unspecified atom stereocenters. The van der Waals surface area contributed by atoms with Gasteiger partial charge >= 0.3 is 5.97 Å². The van der Waals surface area contributed by atoms with Gasteiger partial charge in [0.15, 0.2) is 5.16 Å². The summed E-state index contributed by atoms with van der Waals surface area (Å²) in [4.78, 5) is 11.5. The summed E-state index contributed by atoms with van der Waals surface area (Å²) in [5.41, 5.74) is 0.842. The second-order valence-corrected chi connectivity index (χ2v) is 5.39. The number of para-hydroxylation sites is 2. The van der Waals surface area contributed by atoms with Crippen LogP contribution in [-0.2, 0) is 9.53 Å². The zero-order chi connectivity index (χ0) is 13.9. The molecule has 7 heteroatoms. The second kappa shape index (κ2) is 5.54. The number of benzene rings is 1. The van der Waals surface area contributed by atoms with Crippen LogP contribution in [0.4, 0.5) is 0 Å². The molecule has 20 heavy (non-hydrogen) atoms. The molecule has 0 bridgehead atoms. The van der Waals surface area contributed by atoms with E-state index in [2.05, 4.69) is 10.2 Å².